The summed E-state index contributed by atoms with van der Waals surface area (Å²) in [5.41, 5.74) is 6.16. The standard InChI is InChI=1S/C26H25N5O/c1-18-11-13-23(14-12-18)31-26(27-28-29-31)24(17-30(3)4)25(32)22-10-6-9-21(16-22)20-8-5-7-19(2)15-20/h5-17H,1-4H3. The first-order valence-electron chi connectivity index (χ1n) is 10.4. The first-order valence-corrected chi connectivity index (χ1v) is 10.4. The Labute approximate surface area is 187 Å². The zero-order valence-electron chi connectivity index (χ0n) is 18.6. The van der Waals surface area contributed by atoms with Gasteiger partial charge >= 0.3 is 0 Å². The summed E-state index contributed by atoms with van der Waals surface area (Å²) in [6.07, 6.45) is 1.76. The first-order chi connectivity index (χ1) is 15.4. The third kappa shape index (κ3) is 4.49. The number of hydrogen-bond acceptors (Lipinski definition) is 5. The summed E-state index contributed by atoms with van der Waals surface area (Å²) in [5.74, 6) is 0.255. The van der Waals surface area contributed by atoms with E-state index < -0.39 is 0 Å². The smallest absolute Gasteiger partial charge is 0.198 e. The molecule has 0 aliphatic carbocycles. The number of rotatable bonds is 6. The Hall–Kier alpha value is -4.06. The number of nitrogens with zero attached hydrogens (tertiary/aromatic N) is 5. The summed E-state index contributed by atoms with van der Waals surface area (Å²) in [7, 11) is 3.74. The van der Waals surface area contributed by atoms with Crippen molar-refractivity contribution in [1.29, 1.82) is 0 Å². The number of Topliss-reactive ketones (excluding diaryl/α,β-unsaturated/α-hetero) is 1. The number of aryl methyl sites for hydroxylation is 2. The van der Waals surface area contributed by atoms with Crippen LogP contribution in [0.4, 0.5) is 0 Å². The normalized spacial score (nSPS) is 11.4. The predicted octanol–water partition coefficient (Wildman–Crippen LogP) is 4.73. The maximum absolute atomic E-state index is 13.7. The predicted molar refractivity (Wildman–Crippen MR) is 127 cm³/mol. The van der Waals surface area contributed by atoms with Crippen molar-refractivity contribution < 1.29 is 4.79 Å². The maximum atomic E-state index is 13.7. The first kappa shape index (κ1) is 21.2. The van der Waals surface area contributed by atoms with Crippen LogP contribution < -0.4 is 0 Å². The molecule has 0 bridgehead atoms. The van der Waals surface area contributed by atoms with E-state index in [0.29, 0.717) is 17.0 Å². The quantitative estimate of drug-likeness (QED) is 0.331. The molecular weight excluding hydrogens is 398 g/mol. The molecule has 0 amide bonds. The van der Waals surface area contributed by atoms with E-state index in [1.807, 2.05) is 86.6 Å². The number of benzene rings is 3. The van der Waals surface area contributed by atoms with Crippen LogP contribution in [0.3, 0.4) is 0 Å². The van der Waals surface area contributed by atoms with Gasteiger partial charge in [-0.3, -0.25) is 4.79 Å². The van der Waals surface area contributed by atoms with Gasteiger partial charge in [-0.1, -0.05) is 65.7 Å². The largest absolute Gasteiger partial charge is 0.383 e. The fraction of sp³-hybridized carbons (Fsp3) is 0.154. The Morgan fingerprint density at radius 2 is 1.56 bits per heavy atom. The summed E-state index contributed by atoms with van der Waals surface area (Å²) < 4.78 is 1.59. The fourth-order valence-corrected chi connectivity index (χ4v) is 3.51. The Balaban J connectivity index is 1.77. The van der Waals surface area contributed by atoms with E-state index in [1.54, 1.807) is 10.9 Å². The Bertz CT molecular complexity index is 1290. The zero-order chi connectivity index (χ0) is 22.7. The highest BCUT2D eigenvalue weighted by Crippen LogP contribution is 2.25. The highest BCUT2D eigenvalue weighted by molar-refractivity contribution is 6.28. The van der Waals surface area contributed by atoms with E-state index in [9.17, 15) is 4.79 Å². The molecule has 0 radical (unpaired) electrons. The van der Waals surface area contributed by atoms with Gasteiger partial charge in [-0.2, -0.15) is 4.68 Å². The van der Waals surface area contributed by atoms with Crippen LogP contribution in [0.2, 0.25) is 0 Å². The Morgan fingerprint density at radius 3 is 2.25 bits per heavy atom. The molecule has 0 saturated heterocycles. The Kier molecular flexibility index (Phi) is 5.94. The topological polar surface area (TPSA) is 63.9 Å². The van der Waals surface area contributed by atoms with Crippen molar-refractivity contribution in [2.75, 3.05) is 14.1 Å². The molecule has 0 atom stereocenters. The van der Waals surface area contributed by atoms with Gasteiger partial charge in [0.25, 0.3) is 0 Å². The molecule has 3 aromatic carbocycles. The van der Waals surface area contributed by atoms with Crippen molar-refractivity contribution in [2.45, 2.75) is 13.8 Å². The van der Waals surface area contributed by atoms with Gasteiger partial charge in [0, 0.05) is 25.9 Å². The fourth-order valence-electron chi connectivity index (χ4n) is 3.51. The molecule has 0 unspecified atom stereocenters. The van der Waals surface area contributed by atoms with Gasteiger partial charge in [-0.05, 0) is 53.6 Å². The van der Waals surface area contributed by atoms with Gasteiger partial charge in [-0.25, -0.2) is 0 Å². The molecule has 1 aromatic heterocycles. The lowest BCUT2D eigenvalue weighted by Gasteiger charge is -2.13. The molecule has 4 aromatic rings. The van der Waals surface area contributed by atoms with E-state index in [0.717, 1.165) is 22.4 Å². The number of carbonyl (C=O) groups excluding carboxylic acids is 1. The number of aromatic nitrogens is 4. The molecule has 6 nitrogen and oxygen atoms in total. The SMILES string of the molecule is Cc1ccc(-n2nnnc2C(=CN(C)C)C(=O)c2cccc(-c3cccc(C)c3)c2)cc1. The number of carbonyl (C=O) groups is 1. The summed E-state index contributed by atoms with van der Waals surface area (Å²) in [5, 5.41) is 12.2. The summed E-state index contributed by atoms with van der Waals surface area (Å²) in [6, 6.07) is 23.7. The van der Waals surface area contributed by atoms with E-state index in [4.69, 9.17) is 0 Å². The van der Waals surface area contributed by atoms with E-state index in [2.05, 4.69) is 34.6 Å². The van der Waals surface area contributed by atoms with E-state index in [-0.39, 0.29) is 5.78 Å². The van der Waals surface area contributed by atoms with E-state index >= 15 is 0 Å². The molecule has 0 spiro atoms. The van der Waals surface area contributed by atoms with Crippen molar-refractivity contribution in [3.8, 4) is 16.8 Å². The van der Waals surface area contributed by atoms with Crippen molar-refractivity contribution in [2.24, 2.45) is 0 Å². The van der Waals surface area contributed by atoms with Gasteiger partial charge < -0.3 is 4.90 Å². The third-order valence-electron chi connectivity index (χ3n) is 5.10. The lowest BCUT2D eigenvalue weighted by Crippen LogP contribution is -2.13. The van der Waals surface area contributed by atoms with Gasteiger partial charge in [0.1, 0.15) is 0 Å². The van der Waals surface area contributed by atoms with Crippen molar-refractivity contribution in [1.82, 2.24) is 25.1 Å². The van der Waals surface area contributed by atoms with E-state index in [1.165, 1.54) is 5.56 Å². The number of ketones is 1. The lowest BCUT2D eigenvalue weighted by molar-refractivity contribution is 0.105. The number of allylic oxidation sites excluding steroid dienone is 1. The van der Waals surface area contributed by atoms with Crippen LogP contribution in [0.1, 0.15) is 27.3 Å². The van der Waals surface area contributed by atoms with Gasteiger partial charge in [0.15, 0.2) is 11.6 Å². The Morgan fingerprint density at radius 1 is 0.875 bits per heavy atom. The molecule has 4 rings (SSSR count). The second-order valence-electron chi connectivity index (χ2n) is 8.04. The van der Waals surface area contributed by atoms with Crippen LogP contribution in [-0.4, -0.2) is 45.0 Å². The average molecular weight is 424 g/mol. The van der Waals surface area contributed by atoms with Crippen LogP contribution in [-0.2, 0) is 0 Å². The van der Waals surface area contributed by atoms with Crippen LogP contribution in [0.15, 0.2) is 79.0 Å². The highest BCUT2D eigenvalue weighted by atomic mass is 16.1. The minimum Gasteiger partial charge on any atom is -0.383 e. The molecule has 32 heavy (non-hydrogen) atoms. The monoisotopic (exact) mass is 423 g/mol. The second-order valence-corrected chi connectivity index (χ2v) is 8.04. The number of tetrazole rings is 1. The molecule has 0 N–H and O–H groups in total. The molecule has 0 aliphatic heterocycles. The van der Waals surface area contributed by atoms with Gasteiger partial charge in [0.2, 0.25) is 0 Å². The molecule has 0 saturated carbocycles. The molecule has 0 fully saturated rings. The van der Waals surface area contributed by atoms with Crippen molar-refractivity contribution >= 4 is 11.4 Å². The molecule has 1 heterocycles. The van der Waals surface area contributed by atoms with Gasteiger partial charge in [-0.15, -0.1) is 5.10 Å². The lowest BCUT2D eigenvalue weighted by atomic mass is 9.97. The van der Waals surface area contributed by atoms with Crippen LogP contribution in [0.25, 0.3) is 22.4 Å². The van der Waals surface area contributed by atoms with Crippen molar-refractivity contribution in [3.05, 3.63) is 102 Å². The molecule has 6 heteroatoms. The number of hydrogen-bond donors (Lipinski definition) is 0. The van der Waals surface area contributed by atoms with Crippen LogP contribution in [0.5, 0.6) is 0 Å². The second kappa shape index (κ2) is 8.98. The summed E-state index contributed by atoms with van der Waals surface area (Å²) >= 11 is 0. The summed E-state index contributed by atoms with van der Waals surface area (Å²) in [4.78, 5) is 15.5. The highest BCUT2D eigenvalue weighted by Gasteiger charge is 2.22. The summed E-state index contributed by atoms with van der Waals surface area (Å²) in [6.45, 7) is 4.08. The van der Waals surface area contributed by atoms with Crippen LogP contribution >= 0.6 is 0 Å². The minimum absolute atomic E-state index is 0.142. The molecule has 160 valence electrons. The van der Waals surface area contributed by atoms with Gasteiger partial charge in [0.05, 0.1) is 11.3 Å². The average Bonchev–Trinajstić information content (AvgIpc) is 3.27. The zero-order valence-corrected chi connectivity index (χ0v) is 18.6. The minimum atomic E-state index is -0.142. The van der Waals surface area contributed by atoms with Crippen LogP contribution in [0, 0.1) is 13.8 Å². The maximum Gasteiger partial charge on any atom is 0.198 e. The van der Waals surface area contributed by atoms with Crippen molar-refractivity contribution in [3.63, 3.8) is 0 Å². The molecule has 0 aliphatic rings. The third-order valence-corrected chi connectivity index (χ3v) is 5.10. The molecular formula is C26H25N5O.